The fourth-order valence-corrected chi connectivity index (χ4v) is 4.64. The molecule has 0 saturated carbocycles. The van der Waals surface area contributed by atoms with Crippen LogP contribution in [0.5, 0.6) is 11.5 Å². The number of nitrogens with zero attached hydrogens (tertiary/aromatic N) is 1. The molecule has 1 amide bonds. The molecule has 0 aliphatic carbocycles. The summed E-state index contributed by atoms with van der Waals surface area (Å²) in [6.45, 7) is 1.81. The summed E-state index contributed by atoms with van der Waals surface area (Å²) in [7, 11) is 3.26. The molecule has 180 valence electrons. The number of hydrogen-bond donors (Lipinski definition) is 2. The Morgan fingerprint density at radius 2 is 1.54 bits per heavy atom. The van der Waals surface area contributed by atoms with Crippen molar-refractivity contribution in [2.24, 2.45) is 0 Å². The van der Waals surface area contributed by atoms with Crippen LogP contribution in [0.4, 0.5) is 5.69 Å². The minimum Gasteiger partial charge on any atom is -0.497 e. The molecule has 1 aromatic heterocycles. The van der Waals surface area contributed by atoms with Crippen molar-refractivity contribution in [3.63, 3.8) is 0 Å². The Labute approximate surface area is 218 Å². The Balaban J connectivity index is 1.61. The number of nitrogens with one attached hydrogen (secondary N) is 2. The largest absolute Gasteiger partial charge is 0.497 e. The number of H-pyrrole nitrogens is 1. The minimum absolute atomic E-state index is 0.201. The van der Waals surface area contributed by atoms with Gasteiger partial charge in [-0.15, -0.1) is 0 Å². The third-order valence-electron chi connectivity index (χ3n) is 5.27. The van der Waals surface area contributed by atoms with Crippen molar-refractivity contribution >= 4 is 46.6 Å². The van der Waals surface area contributed by atoms with E-state index in [0.717, 1.165) is 34.0 Å². The standard InChI is InChI=1S/C26H23Cl2N3O3S/c1-15(25(32)29-22-13-8-18(27)14-21(22)28)35-26-30-23(16-4-9-19(33-2)10-5-16)24(31-26)17-6-11-20(34-3)12-7-17/h4-15H,1-3H3,(H,29,32)(H,30,31). The molecule has 0 bridgehead atoms. The number of hydrogen-bond acceptors (Lipinski definition) is 5. The molecule has 6 nitrogen and oxygen atoms in total. The van der Waals surface area contributed by atoms with E-state index >= 15 is 0 Å². The smallest absolute Gasteiger partial charge is 0.237 e. The molecule has 0 saturated heterocycles. The molecule has 1 unspecified atom stereocenters. The lowest BCUT2D eigenvalue weighted by molar-refractivity contribution is -0.115. The van der Waals surface area contributed by atoms with Crippen molar-refractivity contribution < 1.29 is 14.3 Å². The molecular formula is C26H23Cl2N3O3S. The van der Waals surface area contributed by atoms with E-state index in [4.69, 9.17) is 37.7 Å². The summed E-state index contributed by atoms with van der Waals surface area (Å²) in [6.07, 6.45) is 0. The lowest BCUT2D eigenvalue weighted by atomic mass is 10.0. The van der Waals surface area contributed by atoms with E-state index in [1.54, 1.807) is 32.4 Å². The van der Waals surface area contributed by atoms with E-state index in [9.17, 15) is 4.79 Å². The van der Waals surface area contributed by atoms with Gasteiger partial charge in [0.2, 0.25) is 5.91 Å². The molecule has 9 heteroatoms. The highest BCUT2D eigenvalue weighted by Crippen LogP contribution is 2.35. The summed E-state index contributed by atoms with van der Waals surface area (Å²) < 4.78 is 10.6. The van der Waals surface area contributed by atoms with Crippen LogP contribution in [0.1, 0.15) is 6.92 Å². The van der Waals surface area contributed by atoms with Crippen LogP contribution < -0.4 is 14.8 Å². The number of anilines is 1. The van der Waals surface area contributed by atoms with Crippen LogP contribution in [0.25, 0.3) is 22.5 Å². The van der Waals surface area contributed by atoms with Crippen LogP contribution in [-0.4, -0.2) is 35.3 Å². The van der Waals surface area contributed by atoms with Crippen molar-refractivity contribution in [3.8, 4) is 34.0 Å². The summed E-state index contributed by atoms with van der Waals surface area (Å²) in [5, 5.41) is 3.90. The van der Waals surface area contributed by atoms with Crippen molar-refractivity contribution in [3.05, 3.63) is 76.8 Å². The van der Waals surface area contributed by atoms with E-state index in [1.807, 2.05) is 55.5 Å². The number of halogens is 2. The number of ether oxygens (including phenoxy) is 2. The monoisotopic (exact) mass is 527 g/mol. The van der Waals surface area contributed by atoms with Crippen LogP contribution >= 0.6 is 35.0 Å². The molecule has 0 aliphatic heterocycles. The van der Waals surface area contributed by atoms with Crippen molar-refractivity contribution in [2.45, 2.75) is 17.3 Å². The van der Waals surface area contributed by atoms with E-state index < -0.39 is 5.25 Å². The van der Waals surface area contributed by atoms with Crippen LogP contribution in [0, 0.1) is 0 Å². The van der Waals surface area contributed by atoms with E-state index in [-0.39, 0.29) is 5.91 Å². The first-order chi connectivity index (χ1) is 16.9. The van der Waals surface area contributed by atoms with Crippen LogP contribution in [0.15, 0.2) is 71.9 Å². The molecule has 0 fully saturated rings. The maximum Gasteiger partial charge on any atom is 0.237 e. The summed E-state index contributed by atoms with van der Waals surface area (Å²) in [5.41, 5.74) is 3.99. The molecule has 3 aromatic carbocycles. The summed E-state index contributed by atoms with van der Waals surface area (Å²) in [6, 6.07) is 20.3. The second kappa shape index (κ2) is 11.1. The Kier molecular flexibility index (Phi) is 7.90. The Bertz CT molecular complexity index is 1260. The number of rotatable bonds is 8. The lowest BCUT2D eigenvalue weighted by Crippen LogP contribution is -2.22. The third-order valence-corrected chi connectivity index (χ3v) is 6.80. The minimum atomic E-state index is -0.444. The van der Waals surface area contributed by atoms with Crippen LogP contribution in [-0.2, 0) is 4.79 Å². The Morgan fingerprint density at radius 1 is 0.943 bits per heavy atom. The average Bonchev–Trinajstić information content (AvgIpc) is 3.29. The molecular weight excluding hydrogens is 505 g/mol. The van der Waals surface area contributed by atoms with Gasteiger partial charge in [0.05, 0.1) is 41.6 Å². The second-order valence-corrected chi connectivity index (χ2v) is 9.77. The lowest BCUT2D eigenvalue weighted by Gasteiger charge is -2.12. The molecule has 4 rings (SSSR count). The van der Waals surface area contributed by atoms with Crippen molar-refractivity contribution in [1.82, 2.24) is 9.97 Å². The van der Waals surface area contributed by atoms with Gasteiger partial charge < -0.3 is 19.8 Å². The highest BCUT2D eigenvalue weighted by Gasteiger charge is 2.21. The van der Waals surface area contributed by atoms with E-state index in [2.05, 4.69) is 10.3 Å². The molecule has 0 aliphatic rings. The number of carbonyl (C=O) groups excluding carboxylic acids is 1. The highest BCUT2D eigenvalue weighted by atomic mass is 35.5. The number of imidazole rings is 1. The summed E-state index contributed by atoms with van der Waals surface area (Å²) >= 11 is 13.5. The zero-order chi connectivity index (χ0) is 24.9. The first kappa shape index (κ1) is 25.0. The van der Waals surface area contributed by atoms with E-state index in [0.29, 0.717) is 20.9 Å². The van der Waals surface area contributed by atoms with Gasteiger partial charge in [0.15, 0.2) is 5.16 Å². The number of aromatic amines is 1. The third kappa shape index (κ3) is 5.93. The maximum atomic E-state index is 12.8. The van der Waals surface area contributed by atoms with E-state index in [1.165, 1.54) is 11.8 Å². The second-order valence-electron chi connectivity index (χ2n) is 7.60. The topological polar surface area (TPSA) is 76.2 Å². The maximum absolute atomic E-state index is 12.8. The fraction of sp³-hybridized carbons (Fsp3) is 0.154. The molecule has 35 heavy (non-hydrogen) atoms. The zero-order valence-corrected chi connectivity index (χ0v) is 21.6. The fourth-order valence-electron chi connectivity index (χ4n) is 3.38. The number of thioether (sulfide) groups is 1. The molecule has 0 radical (unpaired) electrons. The highest BCUT2D eigenvalue weighted by molar-refractivity contribution is 8.00. The number of amides is 1. The van der Waals surface area contributed by atoms with Gasteiger partial charge in [0.1, 0.15) is 11.5 Å². The molecule has 4 aromatic rings. The normalized spacial score (nSPS) is 11.7. The number of carbonyl (C=O) groups is 1. The van der Waals surface area contributed by atoms with Gasteiger partial charge >= 0.3 is 0 Å². The van der Waals surface area contributed by atoms with Crippen molar-refractivity contribution in [1.29, 1.82) is 0 Å². The first-order valence-electron chi connectivity index (χ1n) is 10.7. The van der Waals surface area contributed by atoms with Crippen LogP contribution in [0.2, 0.25) is 10.0 Å². The van der Waals surface area contributed by atoms with Crippen LogP contribution in [0.3, 0.4) is 0 Å². The van der Waals surface area contributed by atoms with Gasteiger partial charge in [0, 0.05) is 16.1 Å². The van der Waals surface area contributed by atoms with Gasteiger partial charge in [-0.05, 0) is 73.7 Å². The molecule has 2 N–H and O–H groups in total. The number of benzene rings is 3. The summed E-state index contributed by atoms with van der Waals surface area (Å²) in [5.74, 6) is 1.32. The van der Waals surface area contributed by atoms with Gasteiger partial charge in [0.25, 0.3) is 0 Å². The number of aromatic nitrogens is 2. The van der Waals surface area contributed by atoms with Gasteiger partial charge in [-0.1, -0.05) is 35.0 Å². The van der Waals surface area contributed by atoms with Crippen molar-refractivity contribution in [2.75, 3.05) is 19.5 Å². The van der Waals surface area contributed by atoms with Gasteiger partial charge in [-0.2, -0.15) is 0 Å². The zero-order valence-electron chi connectivity index (χ0n) is 19.3. The predicted molar refractivity (Wildman–Crippen MR) is 143 cm³/mol. The SMILES string of the molecule is COc1ccc(-c2nc(SC(C)C(=O)Nc3ccc(Cl)cc3Cl)[nH]c2-c2ccc(OC)cc2)cc1. The Hall–Kier alpha value is -3.13. The Morgan fingerprint density at radius 3 is 2.11 bits per heavy atom. The first-order valence-corrected chi connectivity index (χ1v) is 12.3. The summed E-state index contributed by atoms with van der Waals surface area (Å²) in [4.78, 5) is 21.0. The molecule has 1 atom stereocenters. The predicted octanol–water partition coefficient (Wildman–Crippen LogP) is 7.19. The van der Waals surface area contributed by atoms with Gasteiger partial charge in [-0.3, -0.25) is 4.79 Å². The number of methoxy groups -OCH3 is 2. The molecule has 1 heterocycles. The quantitative estimate of drug-likeness (QED) is 0.237. The molecule has 0 spiro atoms. The average molecular weight is 528 g/mol. The van der Waals surface area contributed by atoms with Gasteiger partial charge in [-0.25, -0.2) is 4.98 Å².